The molecule has 0 spiro atoms. The smallest absolute Gasteiger partial charge is 0.285 e. The second-order valence-electron chi connectivity index (χ2n) is 6.34. The number of ether oxygens (including phenoxy) is 1. The molecule has 0 bridgehead atoms. The average molecular weight is 304 g/mol. The number of hydrogen-bond donors (Lipinski definition) is 0. The molecular formula is C15H20N4O3. The SMILES string of the molecule is Cc1nc(C2CC2)oc1-c1nnc([C@H]2CN(C)C[C@@H](C)O2)o1. The Kier molecular flexibility index (Phi) is 3.27. The third kappa shape index (κ3) is 2.55. The molecule has 4 rings (SSSR count). The molecular weight excluding hydrogens is 284 g/mol. The first-order valence-electron chi connectivity index (χ1n) is 7.75. The molecule has 0 aromatic carbocycles. The Bertz CT molecular complexity index is 666. The number of rotatable bonds is 3. The van der Waals surface area contributed by atoms with E-state index in [2.05, 4.69) is 27.1 Å². The van der Waals surface area contributed by atoms with Crippen LogP contribution in [0, 0.1) is 6.92 Å². The van der Waals surface area contributed by atoms with Gasteiger partial charge < -0.3 is 18.5 Å². The molecule has 22 heavy (non-hydrogen) atoms. The van der Waals surface area contributed by atoms with Gasteiger partial charge in [-0.05, 0) is 33.7 Å². The van der Waals surface area contributed by atoms with Crippen LogP contribution < -0.4 is 0 Å². The molecule has 2 aromatic heterocycles. The van der Waals surface area contributed by atoms with Crippen LogP contribution >= 0.6 is 0 Å². The van der Waals surface area contributed by atoms with E-state index >= 15 is 0 Å². The first-order chi connectivity index (χ1) is 10.6. The molecule has 2 aromatic rings. The van der Waals surface area contributed by atoms with Crippen molar-refractivity contribution in [2.24, 2.45) is 0 Å². The Labute approximate surface area is 128 Å². The van der Waals surface area contributed by atoms with Gasteiger partial charge in [0.2, 0.25) is 11.7 Å². The lowest BCUT2D eigenvalue weighted by Crippen LogP contribution is -2.40. The second-order valence-corrected chi connectivity index (χ2v) is 6.34. The van der Waals surface area contributed by atoms with Crippen LogP contribution in [0.4, 0.5) is 0 Å². The molecule has 7 heteroatoms. The Morgan fingerprint density at radius 1 is 1.09 bits per heavy atom. The van der Waals surface area contributed by atoms with Crippen LogP contribution in [0.5, 0.6) is 0 Å². The lowest BCUT2D eigenvalue weighted by atomic mass is 10.2. The number of nitrogens with zero attached hydrogens (tertiary/aromatic N) is 4. The third-order valence-electron chi connectivity index (χ3n) is 4.09. The van der Waals surface area contributed by atoms with Crippen molar-refractivity contribution in [3.8, 4) is 11.7 Å². The summed E-state index contributed by atoms with van der Waals surface area (Å²) in [5.74, 6) is 2.71. The highest BCUT2D eigenvalue weighted by molar-refractivity contribution is 5.47. The highest BCUT2D eigenvalue weighted by Crippen LogP contribution is 2.41. The highest BCUT2D eigenvalue weighted by atomic mass is 16.5. The van der Waals surface area contributed by atoms with Crippen molar-refractivity contribution in [2.75, 3.05) is 20.1 Å². The molecule has 3 heterocycles. The molecule has 0 amide bonds. The minimum atomic E-state index is -0.193. The fourth-order valence-corrected chi connectivity index (χ4v) is 2.88. The fourth-order valence-electron chi connectivity index (χ4n) is 2.88. The highest BCUT2D eigenvalue weighted by Gasteiger charge is 2.32. The molecule has 2 aliphatic rings. The zero-order valence-corrected chi connectivity index (χ0v) is 13.1. The number of aromatic nitrogens is 3. The molecule has 0 radical (unpaired) electrons. The van der Waals surface area contributed by atoms with Crippen molar-refractivity contribution < 1.29 is 13.6 Å². The van der Waals surface area contributed by atoms with Crippen LogP contribution in [0.25, 0.3) is 11.7 Å². The average Bonchev–Trinajstić information content (AvgIpc) is 3.06. The molecule has 1 saturated heterocycles. The van der Waals surface area contributed by atoms with Gasteiger partial charge in [-0.3, -0.25) is 0 Å². The summed E-state index contributed by atoms with van der Waals surface area (Å²) in [6.45, 7) is 5.60. The largest absolute Gasteiger partial charge is 0.435 e. The monoisotopic (exact) mass is 304 g/mol. The van der Waals surface area contributed by atoms with E-state index in [1.54, 1.807) is 0 Å². The van der Waals surface area contributed by atoms with E-state index in [0.29, 0.717) is 23.5 Å². The summed E-state index contributed by atoms with van der Waals surface area (Å²) in [6, 6.07) is 0. The van der Waals surface area contributed by atoms with Gasteiger partial charge in [0.25, 0.3) is 5.89 Å². The van der Waals surface area contributed by atoms with E-state index in [1.807, 2.05) is 13.8 Å². The topological polar surface area (TPSA) is 77.4 Å². The lowest BCUT2D eigenvalue weighted by Gasteiger charge is -2.32. The van der Waals surface area contributed by atoms with Gasteiger partial charge >= 0.3 is 0 Å². The zero-order valence-electron chi connectivity index (χ0n) is 13.1. The van der Waals surface area contributed by atoms with Gasteiger partial charge in [0.05, 0.1) is 11.8 Å². The quantitative estimate of drug-likeness (QED) is 0.861. The van der Waals surface area contributed by atoms with Gasteiger partial charge in [-0.2, -0.15) is 0 Å². The van der Waals surface area contributed by atoms with Gasteiger partial charge in [0.1, 0.15) is 6.10 Å². The summed E-state index contributed by atoms with van der Waals surface area (Å²) in [7, 11) is 2.06. The predicted octanol–water partition coefficient (Wildman–Crippen LogP) is 2.30. The van der Waals surface area contributed by atoms with Gasteiger partial charge in [0.15, 0.2) is 5.89 Å². The van der Waals surface area contributed by atoms with E-state index in [9.17, 15) is 0 Å². The minimum absolute atomic E-state index is 0.146. The normalized spacial score (nSPS) is 26.5. The minimum Gasteiger partial charge on any atom is -0.435 e. The van der Waals surface area contributed by atoms with E-state index < -0.39 is 0 Å². The Hall–Kier alpha value is -1.73. The maximum absolute atomic E-state index is 5.89. The van der Waals surface area contributed by atoms with Crippen LogP contribution in [0.15, 0.2) is 8.83 Å². The van der Waals surface area contributed by atoms with Crippen molar-refractivity contribution >= 4 is 0 Å². The fraction of sp³-hybridized carbons (Fsp3) is 0.667. The van der Waals surface area contributed by atoms with Crippen LogP contribution in [0.3, 0.4) is 0 Å². The number of likely N-dealkylation sites (N-methyl/N-ethyl adjacent to an activating group) is 1. The lowest BCUT2D eigenvalue weighted by molar-refractivity contribution is -0.0821. The predicted molar refractivity (Wildman–Crippen MR) is 77.3 cm³/mol. The summed E-state index contributed by atoms with van der Waals surface area (Å²) < 4.78 is 17.5. The van der Waals surface area contributed by atoms with Gasteiger partial charge in [0, 0.05) is 19.0 Å². The summed E-state index contributed by atoms with van der Waals surface area (Å²) in [5, 5.41) is 8.26. The molecule has 2 fully saturated rings. The Morgan fingerprint density at radius 3 is 2.64 bits per heavy atom. The summed E-state index contributed by atoms with van der Waals surface area (Å²) in [6.07, 6.45) is 2.25. The van der Waals surface area contributed by atoms with Crippen molar-refractivity contribution in [1.82, 2.24) is 20.1 Å². The number of hydrogen-bond acceptors (Lipinski definition) is 7. The van der Waals surface area contributed by atoms with Crippen LogP contribution in [-0.4, -0.2) is 46.3 Å². The van der Waals surface area contributed by atoms with E-state index in [4.69, 9.17) is 13.6 Å². The molecule has 7 nitrogen and oxygen atoms in total. The number of oxazole rings is 1. The molecule has 1 aliphatic heterocycles. The Morgan fingerprint density at radius 2 is 1.91 bits per heavy atom. The molecule has 118 valence electrons. The first-order valence-corrected chi connectivity index (χ1v) is 7.75. The van der Waals surface area contributed by atoms with Gasteiger partial charge in [-0.1, -0.05) is 0 Å². The molecule has 1 saturated carbocycles. The van der Waals surface area contributed by atoms with Crippen LogP contribution in [-0.2, 0) is 4.74 Å². The van der Waals surface area contributed by atoms with E-state index in [1.165, 1.54) is 0 Å². The summed E-state index contributed by atoms with van der Waals surface area (Å²) >= 11 is 0. The standard InChI is InChI=1S/C15H20N4O3/c1-8-6-19(3)7-11(20-8)14-17-18-15(22-14)12-9(2)16-13(21-12)10-4-5-10/h8,10-11H,4-7H2,1-3H3/t8-,11-/m1/s1. The van der Waals surface area contributed by atoms with Crippen molar-refractivity contribution in [3.63, 3.8) is 0 Å². The molecule has 1 aliphatic carbocycles. The zero-order chi connectivity index (χ0) is 15.3. The number of aryl methyl sites for hydroxylation is 1. The van der Waals surface area contributed by atoms with Crippen LogP contribution in [0.1, 0.15) is 49.3 Å². The molecule has 2 atom stereocenters. The maximum Gasteiger partial charge on any atom is 0.285 e. The molecule has 0 N–H and O–H groups in total. The van der Waals surface area contributed by atoms with E-state index in [-0.39, 0.29) is 12.2 Å². The second kappa shape index (κ2) is 5.17. The van der Waals surface area contributed by atoms with Gasteiger partial charge in [-0.25, -0.2) is 4.98 Å². The van der Waals surface area contributed by atoms with Gasteiger partial charge in [-0.15, -0.1) is 10.2 Å². The summed E-state index contributed by atoms with van der Waals surface area (Å²) in [4.78, 5) is 6.66. The number of morpholine rings is 1. The maximum atomic E-state index is 5.89. The van der Waals surface area contributed by atoms with Crippen LogP contribution in [0.2, 0.25) is 0 Å². The third-order valence-corrected chi connectivity index (χ3v) is 4.09. The van der Waals surface area contributed by atoms with Crippen molar-refractivity contribution in [1.29, 1.82) is 0 Å². The Balaban J connectivity index is 1.58. The van der Waals surface area contributed by atoms with E-state index in [0.717, 1.165) is 37.5 Å². The van der Waals surface area contributed by atoms with Crippen molar-refractivity contribution in [2.45, 2.75) is 44.8 Å². The molecule has 0 unspecified atom stereocenters. The van der Waals surface area contributed by atoms with Crippen molar-refractivity contribution in [3.05, 3.63) is 17.5 Å². The first kappa shape index (κ1) is 13.9. The summed E-state index contributed by atoms with van der Waals surface area (Å²) in [5.41, 5.74) is 0.798.